The number of hydrogen-bond acceptors (Lipinski definition) is 7. The van der Waals surface area contributed by atoms with Crippen LogP contribution in [-0.2, 0) is 11.3 Å². The van der Waals surface area contributed by atoms with E-state index in [1.165, 1.54) is 57.8 Å². The fourth-order valence-electron chi connectivity index (χ4n) is 4.54. The van der Waals surface area contributed by atoms with E-state index in [1.54, 1.807) is 0 Å². The van der Waals surface area contributed by atoms with E-state index in [4.69, 9.17) is 18.9 Å². The lowest BCUT2D eigenvalue weighted by molar-refractivity contribution is 0.0302. The first-order valence-corrected chi connectivity index (χ1v) is 17.1. The van der Waals surface area contributed by atoms with Crippen LogP contribution in [0.2, 0.25) is 0 Å². The molecule has 1 atom stereocenters. The predicted octanol–water partition coefficient (Wildman–Crippen LogP) is 11.1. The minimum atomic E-state index is 0.0775. The number of nitrogens with zero attached hydrogens (tertiary/aromatic N) is 2. The highest BCUT2D eigenvalue weighted by molar-refractivity contribution is 7.80. The van der Waals surface area contributed by atoms with Gasteiger partial charge in [-0.15, -0.1) is 0 Å². The summed E-state index contributed by atoms with van der Waals surface area (Å²) >= 11 is 4.25. The molecule has 0 saturated carbocycles. The van der Waals surface area contributed by atoms with Crippen molar-refractivity contribution in [1.29, 1.82) is 0 Å². The van der Waals surface area contributed by atoms with E-state index < -0.39 is 0 Å². The van der Waals surface area contributed by atoms with Crippen LogP contribution in [0, 0.1) is 0 Å². The van der Waals surface area contributed by atoms with Gasteiger partial charge in [0, 0.05) is 6.61 Å². The summed E-state index contributed by atoms with van der Waals surface area (Å²) in [5, 5.41) is 8.69. The van der Waals surface area contributed by atoms with Crippen LogP contribution < -0.4 is 14.2 Å². The van der Waals surface area contributed by atoms with Crippen molar-refractivity contribution in [3.05, 3.63) is 78.4 Å². The summed E-state index contributed by atoms with van der Waals surface area (Å²) in [4.78, 5) is 0. The van der Waals surface area contributed by atoms with E-state index >= 15 is 0 Å². The first kappa shape index (κ1) is 35.4. The molecule has 240 valence electrons. The van der Waals surface area contributed by atoms with Gasteiger partial charge in [0.25, 0.3) is 0 Å². The molecule has 3 rings (SSSR count). The van der Waals surface area contributed by atoms with Gasteiger partial charge in [-0.1, -0.05) is 70.4 Å². The zero-order chi connectivity index (χ0) is 31.1. The van der Waals surface area contributed by atoms with Crippen molar-refractivity contribution in [2.75, 3.05) is 25.6 Å². The standard InChI is InChI=1S/C37H52N2O4S/c1-3-4-5-6-7-8-11-26-40-31(2)29-42-36-20-14-32(15-21-36)30-43-37-24-18-34(19-25-37)39-38-33-16-22-35(23-17-33)41-27-12-9-10-13-28-44/h14-25,31,44H,3-13,26-30H2,1-2H3/t31-/m0/s1. The third kappa shape index (κ3) is 15.6. The zero-order valence-electron chi connectivity index (χ0n) is 26.8. The molecular weight excluding hydrogens is 568 g/mol. The Morgan fingerprint density at radius 1 is 0.568 bits per heavy atom. The molecule has 0 aliphatic carbocycles. The number of unbranched alkanes of at least 4 members (excludes halogenated alkanes) is 9. The van der Waals surface area contributed by atoms with Crippen LogP contribution in [0.1, 0.15) is 90.0 Å². The molecule has 3 aromatic rings. The van der Waals surface area contributed by atoms with E-state index in [0.29, 0.717) is 13.2 Å². The van der Waals surface area contributed by atoms with Crippen LogP contribution in [-0.4, -0.2) is 31.7 Å². The molecule has 0 spiro atoms. The van der Waals surface area contributed by atoms with Gasteiger partial charge >= 0.3 is 0 Å². The second-order valence-corrected chi connectivity index (χ2v) is 11.7. The van der Waals surface area contributed by atoms with Crippen molar-refractivity contribution in [2.45, 2.75) is 97.2 Å². The molecule has 3 aromatic carbocycles. The SMILES string of the molecule is CCCCCCCCCO[C@@H](C)COc1ccc(COc2ccc(N=Nc3ccc(OCCCCCCS)cc3)cc2)cc1. The molecular formula is C37H52N2O4S. The van der Waals surface area contributed by atoms with Gasteiger partial charge in [0.15, 0.2) is 0 Å². The average Bonchev–Trinajstić information content (AvgIpc) is 3.06. The first-order valence-electron chi connectivity index (χ1n) is 16.5. The second kappa shape index (κ2) is 22.5. The fourth-order valence-corrected chi connectivity index (χ4v) is 4.77. The molecule has 7 heteroatoms. The van der Waals surface area contributed by atoms with Gasteiger partial charge in [0.05, 0.1) is 24.1 Å². The van der Waals surface area contributed by atoms with Crippen LogP contribution in [0.25, 0.3) is 0 Å². The molecule has 0 fully saturated rings. The summed E-state index contributed by atoms with van der Waals surface area (Å²) < 4.78 is 23.6. The van der Waals surface area contributed by atoms with Gasteiger partial charge in [-0.05, 0) is 98.2 Å². The smallest absolute Gasteiger partial charge is 0.119 e. The van der Waals surface area contributed by atoms with Crippen molar-refractivity contribution in [1.82, 2.24) is 0 Å². The van der Waals surface area contributed by atoms with Crippen LogP contribution in [0.5, 0.6) is 17.2 Å². The third-order valence-corrected chi connectivity index (χ3v) is 7.56. The first-order chi connectivity index (χ1) is 21.7. The fraction of sp³-hybridized carbons (Fsp3) is 0.514. The predicted molar refractivity (Wildman–Crippen MR) is 185 cm³/mol. The summed E-state index contributed by atoms with van der Waals surface area (Å²) in [6.07, 6.45) is 13.7. The van der Waals surface area contributed by atoms with Gasteiger partial charge in [-0.3, -0.25) is 0 Å². The summed E-state index contributed by atoms with van der Waals surface area (Å²) in [7, 11) is 0. The minimum Gasteiger partial charge on any atom is -0.494 e. The Morgan fingerprint density at radius 2 is 1.07 bits per heavy atom. The number of thiol groups is 1. The number of hydrogen-bond donors (Lipinski definition) is 1. The zero-order valence-corrected chi connectivity index (χ0v) is 27.7. The lowest BCUT2D eigenvalue weighted by atomic mass is 10.1. The Balaban J connectivity index is 1.29. The molecule has 0 aromatic heterocycles. The molecule has 0 aliphatic rings. The summed E-state index contributed by atoms with van der Waals surface area (Å²) in [6, 6.07) is 23.4. The van der Waals surface area contributed by atoms with E-state index in [0.717, 1.165) is 66.0 Å². The van der Waals surface area contributed by atoms with E-state index in [-0.39, 0.29) is 6.10 Å². The molecule has 44 heavy (non-hydrogen) atoms. The van der Waals surface area contributed by atoms with Crippen LogP contribution >= 0.6 is 12.6 Å². The van der Waals surface area contributed by atoms with Crippen molar-refractivity contribution < 1.29 is 18.9 Å². The van der Waals surface area contributed by atoms with E-state index in [9.17, 15) is 0 Å². The van der Waals surface area contributed by atoms with Crippen molar-refractivity contribution in [3.63, 3.8) is 0 Å². The molecule has 0 radical (unpaired) electrons. The molecule has 0 amide bonds. The summed E-state index contributed by atoms with van der Waals surface area (Å²) in [6.45, 7) is 6.88. The van der Waals surface area contributed by atoms with E-state index in [1.807, 2.05) is 72.8 Å². The maximum atomic E-state index is 5.96. The highest BCUT2D eigenvalue weighted by atomic mass is 32.1. The Kier molecular flexibility index (Phi) is 18.1. The molecule has 0 bridgehead atoms. The lowest BCUT2D eigenvalue weighted by Crippen LogP contribution is -2.18. The number of benzene rings is 3. The molecule has 0 heterocycles. The summed E-state index contributed by atoms with van der Waals surface area (Å²) in [5.74, 6) is 3.43. The maximum absolute atomic E-state index is 5.96. The third-order valence-electron chi connectivity index (χ3n) is 7.24. The number of azo groups is 1. The van der Waals surface area contributed by atoms with Crippen molar-refractivity contribution >= 4 is 24.0 Å². The largest absolute Gasteiger partial charge is 0.494 e. The molecule has 0 saturated heterocycles. The van der Waals surface area contributed by atoms with Gasteiger partial charge in [0.1, 0.15) is 30.5 Å². The van der Waals surface area contributed by atoms with Gasteiger partial charge in [0.2, 0.25) is 0 Å². The van der Waals surface area contributed by atoms with Gasteiger partial charge in [-0.25, -0.2) is 0 Å². The van der Waals surface area contributed by atoms with Gasteiger partial charge in [-0.2, -0.15) is 22.9 Å². The second-order valence-electron chi connectivity index (χ2n) is 11.2. The number of rotatable bonds is 24. The monoisotopic (exact) mass is 620 g/mol. The Hall–Kier alpha value is -3.03. The maximum Gasteiger partial charge on any atom is 0.119 e. The highest BCUT2D eigenvalue weighted by Crippen LogP contribution is 2.24. The minimum absolute atomic E-state index is 0.0775. The van der Waals surface area contributed by atoms with Gasteiger partial charge < -0.3 is 18.9 Å². The molecule has 0 unspecified atom stereocenters. The molecule has 0 N–H and O–H groups in total. The Labute approximate surface area is 271 Å². The summed E-state index contributed by atoms with van der Waals surface area (Å²) in [5.41, 5.74) is 2.62. The van der Waals surface area contributed by atoms with Crippen molar-refractivity contribution in [2.24, 2.45) is 10.2 Å². The van der Waals surface area contributed by atoms with Crippen LogP contribution in [0.4, 0.5) is 11.4 Å². The number of ether oxygens (including phenoxy) is 4. The van der Waals surface area contributed by atoms with Crippen molar-refractivity contribution in [3.8, 4) is 17.2 Å². The average molecular weight is 621 g/mol. The normalized spacial score (nSPS) is 12.0. The quantitative estimate of drug-likeness (QED) is 0.0615. The lowest BCUT2D eigenvalue weighted by Gasteiger charge is -2.14. The highest BCUT2D eigenvalue weighted by Gasteiger charge is 2.05. The van der Waals surface area contributed by atoms with E-state index in [2.05, 4.69) is 36.7 Å². The topological polar surface area (TPSA) is 61.6 Å². The van der Waals surface area contributed by atoms with Crippen LogP contribution in [0.15, 0.2) is 83.0 Å². The Morgan fingerprint density at radius 3 is 1.68 bits per heavy atom. The molecule has 0 aliphatic heterocycles. The molecule has 6 nitrogen and oxygen atoms in total. The Bertz CT molecular complexity index is 1150. The van der Waals surface area contributed by atoms with Crippen LogP contribution in [0.3, 0.4) is 0 Å².